The van der Waals surface area contributed by atoms with E-state index in [1.807, 2.05) is 0 Å². The number of Topliss-reactive ketones (excluding diaryl/α,β-unsaturated/α-hetero) is 1. The molecule has 3 rings (SSSR count). The van der Waals surface area contributed by atoms with Gasteiger partial charge in [-0.3, -0.25) is 9.59 Å². The van der Waals surface area contributed by atoms with Gasteiger partial charge in [0.15, 0.2) is 11.5 Å². The normalized spacial score (nSPS) is 15.4. The molecule has 1 aliphatic heterocycles. The van der Waals surface area contributed by atoms with Crippen molar-refractivity contribution in [2.24, 2.45) is 10.2 Å². The molecule has 0 atom stereocenters. The van der Waals surface area contributed by atoms with Crippen molar-refractivity contribution in [1.29, 1.82) is 0 Å². The van der Waals surface area contributed by atoms with E-state index in [9.17, 15) is 19.1 Å². The monoisotopic (exact) mass is 383 g/mol. The summed E-state index contributed by atoms with van der Waals surface area (Å²) in [6.45, 7) is 1.19. The molecule has 0 saturated carbocycles. The van der Waals surface area contributed by atoms with Gasteiger partial charge < -0.3 is 14.7 Å². The van der Waals surface area contributed by atoms with Crippen LogP contribution in [0.4, 0.5) is 10.1 Å². The summed E-state index contributed by atoms with van der Waals surface area (Å²) < 4.78 is 18.4. The summed E-state index contributed by atoms with van der Waals surface area (Å²) in [5.41, 5.74) is 0.0806. The molecule has 1 N–H and O–H groups in total. The van der Waals surface area contributed by atoms with E-state index >= 15 is 0 Å². The summed E-state index contributed by atoms with van der Waals surface area (Å²) in [4.78, 5) is 26.7. The smallest absolute Gasteiger partial charge is 0.297 e. The van der Waals surface area contributed by atoms with Crippen LogP contribution in [-0.2, 0) is 14.3 Å². The molecule has 2 aromatic carbocycles. The Morgan fingerprint density at radius 1 is 1.00 bits per heavy atom. The summed E-state index contributed by atoms with van der Waals surface area (Å²) in [6, 6.07) is 13.4. The molecular formula is C20H18FN3O4. The van der Waals surface area contributed by atoms with Crippen molar-refractivity contribution < 1.29 is 23.8 Å². The Morgan fingerprint density at radius 2 is 1.64 bits per heavy atom. The fourth-order valence-electron chi connectivity index (χ4n) is 2.56. The molecule has 8 heteroatoms. The predicted molar refractivity (Wildman–Crippen MR) is 99.3 cm³/mol. The number of hydrogen-bond acceptors (Lipinski definition) is 6. The highest BCUT2D eigenvalue weighted by Crippen LogP contribution is 2.22. The third-order valence-electron chi connectivity index (χ3n) is 4.07. The second-order valence-electron chi connectivity index (χ2n) is 5.97. The molecule has 0 bridgehead atoms. The molecule has 0 radical (unpaired) electrons. The number of carbonyl (C=O) groups excluding carboxylic acids is 2. The Hall–Kier alpha value is -3.39. The molecule has 1 aliphatic rings. The van der Waals surface area contributed by atoms with Gasteiger partial charge in [0.25, 0.3) is 11.7 Å². The van der Waals surface area contributed by atoms with Crippen LogP contribution in [0.2, 0.25) is 0 Å². The number of morpholine rings is 1. The van der Waals surface area contributed by atoms with Gasteiger partial charge in [-0.15, -0.1) is 5.11 Å². The van der Waals surface area contributed by atoms with E-state index in [2.05, 4.69) is 10.2 Å². The van der Waals surface area contributed by atoms with Gasteiger partial charge in [0.05, 0.1) is 18.9 Å². The fourth-order valence-corrected chi connectivity index (χ4v) is 2.56. The van der Waals surface area contributed by atoms with E-state index in [0.29, 0.717) is 18.9 Å². The van der Waals surface area contributed by atoms with Crippen molar-refractivity contribution in [2.75, 3.05) is 26.3 Å². The molecule has 1 saturated heterocycles. The van der Waals surface area contributed by atoms with E-state index in [1.54, 1.807) is 30.3 Å². The van der Waals surface area contributed by atoms with E-state index in [1.165, 1.54) is 17.0 Å². The predicted octanol–water partition coefficient (Wildman–Crippen LogP) is 3.26. The fraction of sp³-hybridized carbons (Fsp3) is 0.200. The number of aliphatic hydroxyl groups is 1. The maximum atomic E-state index is 13.2. The first-order chi connectivity index (χ1) is 13.6. The van der Waals surface area contributed by atoms with Crippen LogP contribution >= 0.6 is 0 Å². The second kappa shape index (κ2) is 9.01. The summed E-state index contributed by atoms with van der Waals surface area (Å²) in [5.74, 6) is -2.85. The molecule has 0 unspecified atom stereocenters. The Kier molecular flexibility index (Phi) is 6.23. The van der Waals surface area contributed by atoms with Crippen LogP contribution in [0.1, 0.15) is 5.56 Å². The number of benzene rings is 2. The van der Waals surface area contributed by atoms with Crippen molar-refractivity contribution in [3.05, 3.63) is 71.7 Å². The first-order valence-electron chi connectivity index (χ1n) is 8.63. The molecule has 0 aromatic heterocycles. The van der Waals surface area contributed by atoms with Gasteiger partial charge in [-0.2, -0.15) is 5.11 Å². The number of ether oxygens (including phenoxy) is 1. The number of carbonyl (C=O) groups is 2. The average Bonchev–Trinajstić information content (AvgIpc) is 2.75. The van der Waals surface area contributed by atoms with Crippen LogP contribution in [0, 0.1) is 5.82 Å². The average molecular weight is 383 g/mol. The number of halogens is 1. The lowest BCUT2D eigenvalue weighted by molar-refractivity contribution is -0.145. The Morgan fingerprint density at radius 3 is 2.29 bits per heavy atom. The zero-order valence-corrected chi connectivity index (χ0v) is 14.9. The highest BCUT2D eigenvalue weighted by Gasteiger charge is 2.29. The van der Waals surface area contributed by atoms with Crippen LogP contribution in [0.25, 0.3) is 5.76 Å². The maximum Gasteiger partial charge on any atom is 0.297 e. The Labute approximate surface area is 160 Å². The molecular weight excluding hydrogens is 365 g/mol. The minimum atomic E-state index is -0.997. The van der Waals surface area contributed by atoms with Gasteiger partial charge in [-0.05, 0) is 36.4 Å². The molecule has 1 amide bonds. The van der Waals surface area contributed by atoms with Gasteiger partial charge in [-0.1, -0.05) is 18.2 Å². The van der Waals surface area contributed by atoms with Crippen molar-refractivity contribution in [3.8, 4) is 0 Å². The van der Waals surface area contributed by atoms with Gasteiger partial charge in [0.1, 0.15) is 5.82 Å². The molecule has 144 valence electrons. The maximum absolute atomic E-state index is 13.2. The number of azo groups is 1. The lowest BCUT2D eigenvalue weighted by atomic mass is 10.1. The zero-order chi connectivity index (χ0) is 19.9. The number of hydrogen-bond donors (Lipinski definition) is 1. The van der Waals surface area contributed by atoms with Gasteiger partial charge in [-0.25, -0.2) is 4.39 Å². The largest absolute Gasteiger partial charge is 0.505 e. The summed E-state index contributed by atoms with van der Waals surface area (Å²) in [7, 11) is 0. The Bertz CT molecular complexity index is 905. The van der Waals surface area contributed by atoms with Crippen LogP contribution in [0.3, 0.4) is 0 Å². The van der Waals surface area contributed by atoms with Crippen molar-refractivity contribution in [2.45, 2.75) is 0 Å². The van der Waals surface area contributed by atoms with Crippen LogP contribution < -0.4 is 0 Å². The topological polar surface area (TPSA) is 91.6 Å². The number of nitrogens with zero attached hydrogens (tertiary/aromatic N) is 3. The van der Waals surface area contributed by atoms with Crippen LogP contribution in [0.15, 0.2) is 70.5 Å². The van der Waals surface area contributed by atoms with Crippen LogP contribution in [-0.4, -0.2) is 48.0 Å². The molecule has 0 aliphatic carbocycles. The Balaban J connectivity index is 1.96. The quantitative estimate of drug-likeness (QED) is 0.371. The SMILES string of the molecule is O=C(C(=O)N1CCOCC1)/C(N=Nc1ccccc1)=C(\O)c1ccc(F)cc1. The third-order valence-corrected chi connectivity index (χ3v) is 4.07. The number of amides is 1. The van der Waals surface area contributed by atoms with Gasteiger partial charge >= 0.3 is 0 Å². The highest BCUT2D eigenvalue weighted by atomic mass is 19.1. The van der Waals surface area contributed by atoms with Crippen molar-refractivity contribution in [1.82, 2.24) is 4.90 Å². The number of rotatable bonds is 5. The molecule has 1 heterocycles. The van der Waals surface area contributed by atoms with Crippen molar-refractivity contribution in [3.63, 3.8) is 0 Å². The molecule has 2 aromatic rings. The van der Waals surface area contributed by atoms with E-state index in [0.717, 1.165) is 12.1 Å². The second-order valence-corrected chi connectivity index (χ2v) is 5.97. The van der Waals surface area contributed by atoms with Gasteiger partial charge in [0.2, 0.25) is 0 Å². The first kappa shape index (κ1) is 19.4. The summed E-state index contributed by atoms with van der Waals surface area (Å²) in [5, 5.41) is 18.3. The lowest BCUT2D eigenvalue weighted by Crippen LogP contribution is -2.44. The molecule has 1 fully saturated rings. The number of aliphatic hydroxyl groups excluding tert-OH is 1. The molecule has 7 nitrogen and oxygen atoms in total. The van der Waals surface area contributed by atoms with Gasteiger partial charge in [0, 0.05) is 18.7 Å². The number of ketones is 1. The van der Waals surface area contributed by atoms with E-state index < -0.39 is 29.0 Å². The van der Waals surface area contributed by atoms with E-state index in [4.69, 9.17) is 4.74 Å². The lowest BCUT2D eigenvalue weighted by Gasteiger charge is -2.26. The highest BCUT2D eigenvalue weighted by molar-refractivity contribution is 6.43. The van der Waals surface area contributed by atoms with Crippen LogP contribution in [0.5, 0.6) is 0 Å². The molecule has 28 heavy (non-hydrogen) atoms. The summed E-state index contributed by atoms with van der Waals surface area (Å²) >= 11 is 0. The van der Waals surface area contributed by atoms with E-state index in [-0.39, 0.29) is 18.7 Å². The summed E-state index contributed by atoms with van der Waals surface area (Å²) in [6.07, 6.45) is 0. The minimum absolute atomic E-state index is 0.145. The standard InChI is InChI=1S/C20H18FN3O4/c21-15-8-6-14(7-9-15)18(25)17(23-22-16-4-2-1-3-5-16)19(26)20(27)24-10-12-28-13-11-24/h1-9,25H,10-13H2/b18-17+,23-22?. The van der Waals surface area contributed by atoms with Crippen molar-refractivity contribution >= 4 is 23.1 Å². The molecule has 0 spiro atoms. The third kappa shape index (κ3) is 4.66. The first-order valence-corrected chi connectivity index (χ1v) is 8.63. The minimum Gasteiger partial charge on any atom is -0.505 e. The zero-order valence-electron chi connectivity index (χ0n) is 14.9.